The van der Waals surface area contributed by atoms with Crippen molar-refractivity contribution in [3.63, 3.8) is 0 Å². The Morgan fingerprint density at radius 1 is 1.29 bits per heavy atom. The van der Waals surface area contributed by atoms with Crippen LogP contribution < -0.4 is 14.8 Å². The van der Waals surface area contributed by atoms with E-state index in [0.717, 1.165) is 40.7 Å². The van der Waals surface area contributed by atoms with Gasteiger partial charge in [-0.05, 0) is 26.0 Å². The molecule has 4 nitrogen and oxygen atoms in total. The van der Waals surface area contributed by atoms with E-state index in [4.69, 9.17) is 9.47 Å². The monoisotopic (exact) mass is 306 g/mol. The van der Waals surface area contributed by atoms with E-state index < -0.39 is 0 Å². The minimum atomic E-state index is 0.0219. The normalized spacial score (nSPS) is 12.2. The van der Waals surface area contributed by atoms with Crippen LogP contribution in [-0.4, -0.2) is 25.7 Å². The summed E-state index contributed by atoms with van der Waals surface area (Å²) in [5.41, 5.74) is 2.10. The Kier molecular flexibility index (Phi) is 5.59. The molecule has 1 atom stereocenters. The number of thiazole rings is 1. The van der Waals surface area contributed by atoms with Gasteiger partial charge in [0, 0.05) is 16.6 Å². The Morgan fingerprint density at radius 3 is 2.67 bits per heavy atom. The summed E-state index contributed by atoms with van der Waals surface area (Å²) >= 11 is 1.67. The highest BCUT2D eigenvalue weighted by Crippen LogP contribution is 2.37. The van der Waals surface area contributed by atoms with Crippen LogP contribution in [0, 0.1) is 6.92 Å². The van der Waals surface area contributed by atoms with Crippen molar-refractivity contribution in [2.75, 3.05) is 20.8 Å². The van der Waals surface area contributed by atoms with Gasteiger partial charge in [-0.15, -0.1) is 11.3 Å². The van der Waals surface area contributed by atoms with Crippen LogP contribution in [0.25, 0.3) is 0 Å². The van der Waals surface area contributed by atoms with Crippen LogP contribution in [0.4, 0.5) is 0 Å². The molecule has 2 aromatic rings. The molecule has 0 fully saturated rings. The smallest absolute Gasteiger partial charge is 0.165 e. The molecule has 2 rings (SSSR count). The van der Waals surface area contributed by atoms with E-state index in [9.17, 15) is 0 Å². The number of aromatic nitrogens is 1. The molecule has 0 aliphatic heterocycles. The molecule has 1 unspecified atom stereocenters. The molecule has 0 aliphatic carbocycles. The average Bonchev–Trinajstić information content (AvgIpc) is 2.93. The van der Waals surface area contributed by atoms with E-state index >= 15 is 0 Å². The zero-order chi connectivity index (χ0) is 15.2. The van der Waals surface area contributed by atoms with Crippen molar-refractivity contribution in [3.05, 3.63) is 39.8 Å². The SMILES string of the molecule is CCCNC(c1nc(C)cs1)c1cccc(OC)c1OC. The summed E-state index contributed by atoms with van der Waals surface area (Å²) in [5.74, 6) is 1.51. The second kappa shape index (κ2) is 7.43. The van der Waals surface area contributed by atoms with Crippen LogP contribution in [0.2, 0.25) is 0 Å². The van der Waals surface area contributed by atoms with Crippen molar-refractivity contribution in [1.82, 2.24) is 10.3 Å². The zero-order valence-corrected chi connectivity index (χ0v) is 13.8. The van der Waals surface area contributed by atoms with Gasteiger partial charge < -0.3 is 14.8 Å². The number of rotatable bonds is 7. The summed E-state index contributed by atoms with van der Waals surface area (Å²) in [6.45, 7) is 5.09. The van der Waals surface area contributed by atoms with E-state index in [1.165, 1.54) is 0 Å². The summed E-state index contributed by atoms with van der Waals surface area (Å²) < 4.78 is 11.0. The van der Waals surface area contributed by atoms with Crippen LogP contribution in [-0.2, 0) is 0 Å². The van der Waals surface area contributed by atoms with Crippen LogP contribution in [0.15, 0.2) is 23.6 Å². The number of methoxy groups -OCH3 is 2. The molecule has 0 aliphatic rings. The summed E-state index contributed by atoms with van der Waals surface area (Å²) in [5, 5.41) is 6.67. The van der Waals surface area contributed by atoms with Crippen LogP contribution in [0.3, 0.4) is 0 Å². The summed E-state index contributed by atoms with van der Waals surface area (Å²) in [6, 6.07) is 5.98. The van der Waals surface area contributed by atoms with Crippen molar-refractivity contribution in [1.29, 1.82) is 0 Å². The minimum absolute atomic E-state index is 0.0219. The van der Waals surface area contributed by atoms with E-state index in [1.54, 1.807) is 25.6 Å². The molecule has 0 radical (unpaired) electrons. The van der Waals surface area contributed by atoms with Crippen molar-refractivity contribution in [2.45, 2.75) is 26.3 Å². The fraction of sp³-hybridized carbons (Fsp3) is 0.438. The highest BCUT2D eigenvalue weighted by molar-refractivity contribution is 7.09. The molecular weight excluding hydrogens is 284 g/mol. The lowest BCUT2D eigenvalue weighted by Crippen LogP contribution is -2.23. The molecule has 21 heavy (non-hydrogen) atoms. The van der Waals surface area contributed by atoms with E-state index in [0.29, 0.717) is 0 Å². The maximum absolute atomic E-state index is 5.57. The Hall–Kier alpha value is -1.59. The zero-order valence-electron chi connectivity index (χ0n) is 13.0. The van der Waals surface area contributed by atoms with Gasteiger partial charge in [-0.2, -0.15) is 0 Å². The first kappa shape index (κ1) is 15.8. The highest BCUT2D eigenvalue weighted by Gasteiger charge is 2.22. The van der Waals surface area contributed by atoms with Gasteiger partial charge in [0.05, 0.1) is 20.3 Å². The van der Waals surface area contributed by atoms with Crippen LogP contribution in [0.5, 0.6) is 11.5 Å². The summed E-state index contributed by atoms with van der Waals surface area (Å²) in [7, 11) is 3.33. The van der Waals surface area contributed by atoms with Crippen molar-refractivity contribution in [3.8, 4) is 11.5 Å². The first-order chi connectivity index (χ1) is 10.2. The van der Waals surface area contributed by atoms with Gasteiger partial charge in [0.25, 0.3) is 0 Å². The molecule has 114 valence electrons. The second-order valence-corrected chi connectivity index (χ2v) is 5.69. The third kappa shape index (κ3) is 3.54. The fourth-order valence-corrected chi connectivity index (χ4v) is 3.15. The Balaban J connectivity index is 2.45. The second-order valence-electron chi connectivity index (χ2n) is 4.80. The van der Waals surface area contributed by atoms with Gasteiger partial charge in [-0.3, -0.25) is 0 Å². The lowest BCUT2D eigenvalue weighted by Gasteiger charge is -2.20. The lowest BCUT2D eigenvalue weighted by molar-refractivity contribution is 0.348. The fourth-order valence-electron chi connectivity index (χ4n) is 2.26. The molecule has 0 saturated carbocycles. The molecule has 0 amide bonds. The van der Waals surface area contributed by atoms with E-state index in [2.05, 4.69) is 28.7 Å². The van der Waals surface area contributed by atoms with Gasteiger partial charge in [0.15, 0.2) is 11.5 Å². The number of nitrogens with zero attached hydrogens (tertiary/aromatic N) is 1. The predicted octanol–water partition coefficient (Wildman–Crippen LogP) is 3.56. The third-order valence-corrected chi connectivity index (χ3v) is 4.25. The maximum Gasteiger partial charge on any atom is 0.165 e. The van der Waals surface area contributed by atoms with Gasteiger partial charge in [-0.1, -0.05) is 19.1 Å². The van der Waals surface area contributed by atoms with Crippen molar-refractivity contribution in [2.24, 2.45) is 0 Å². The van der Waals surface area contributed by atoms with E-state index in [1.807, 2.05) is 19.1 Å². The molecule has 0 saturated heterocycles. The van der Waals surface area contributed by atoms with Crippen molar-refractivity contribution >= 4 is 11.3 Å². The highest BCUT2D eigenvalue weighted by atomic mass is 32.1. The summed E-state index contributed by atoms with van der Waals surface area (Å²) in [6.07, 6.45) is 1.06. The maximum atomic E-state index is 5.57. The largest absolute Gasteiger partial charge is 0.493 e. The average molecular weight is 306 g/mol. The molecule has 0 bridgehead atoms. The Morgan fingerprint density at radius 2 is 2.10 bits per heavy atom. The van der Waals surface area contributed by atoms with Crippen LogP contribution >= 0.6 is 11.3 Å². The van der Waals surface area contributed by atoms with Gasteiger partial charge in [0.1, 0.15) is 5.01 Å². The van der Waals surface area contributed by atoms with Crippen LogP contribution in [0.1, 0.15) is 35.7 Å². The molecule has 1 N–H and O–H groups in total. The standard InChI is InChI=1S/C16H22N2O2S/c1-5-9-17-14(16-18-11(2)10-21-16)12-7-6-8-13(19-3)15(12)20-4/h6-8,10,14,17H,5,9H2,1-4H3. The first-order valence-electron chi connectivity index (χ1n) is 7.07. The number of aryl methyl sites for hydroxylation is 1. The lowest BCUT2D eigenvalue weighted by atomic mass is 10.1. The van der Waals surface area contributed by atoms with Gasteiger partial charge >= 0.3 is 0 Å². The Bertz CT molecular complexity index is 583. The minimum Gasteiger partial charge on any atom is -0.493 e. The number of para-hydroxylation sites is 1. The predicted molar refractivity (Wildman–Crippen MR) is 86.5 cm³/mol. The summed E-state index contributed by atoms with van der Waals surface area (Å²) in [4.78, 5) is 4.63. The number of benzene rings is 1. The molecular formula is C16H22N2O2S. The molecule has 1 aromatic carbocycles. The third-order valence-electron chi connectivity index (χ3n) is 3.23. The van der Waals surface area contributed by atoms with Gasteiger partial charge in [0.2, 0.25) is 0 Å². The van der Waals surface area contributed by atoms with Crippen molar-refractivity contribution < 1.29 is 9.47 Å². The number of ether oxygens (including phenoxy) is 2. The number of nitrogens with one attached hydrogen (secondary N) is 1. The van der Waals surface area contributed by atoms with Gasteiger partial charge in [-0.25, -0.2) is 4.98 Å². The molecule has 5 heteroatoms. The topological polar surface area (TPSA) is 43.4 Å². The number of hydrogen-bond donors (Lipinski definition) is 1. The molecule has 0 spiro atoms. The quantitative estimate of drug-likeness (QED) is 0.849. The first-order valence-corrected chi connectivity index (χ1v) is 7.95. The molecule has 1 aromatic heterocycles. The molecule has 1 heterocycles. The Labute approximate surface area is 130 Å². The van der Waals surface area contributed by atoms with E-state index in [-0.39, 0.29) is 6.04 Å². The number of hydrogen-bond acceptors (Lipinski definition) is 5.